The molecule has 1 aromatic carbocycles. The molecule has 0 aliphatic heterocycles. The summed E-state index contributed by atoms with van der Waals surface area (Å²) in [6, 6.07) is 3.78. The highest BCUT2D eigenvalue weighted by molar-refractivity contribution is 8.13. The molecule has 0 aliphatic rings. The van der Waals surface area contributed by atoms with Gasteiger partial charge in [0.1, 0.15) is 4.90 Å². The van der Waals surface area contributed by atoms with Crippen LogP contribution in [-0.4, -0.2) is 36.6 Å². The van der Waals surface area contributed by atoms with Crippen molar-refractivity contribution >= 4 is 48.0 Å². The first-order valence-electron chi connectivity index (χ1n) is 5.47. The Morgan fingerprint density at radius 3 is 2.55 bits per heavy atom. The maximum absolute atomic E-state index is 11.9. The molecular formula is C11H13Cl2NO4S2. The molecule has 9 heteroatoms. The molecule has 0 aromatic heterocycles. The highest BCUT2D eigenvalue weighted by Gasteiger charge is 2.18. The number of hydrogen-bond acceptors (Lipinski definition) is 4. The first-order valence-corrected chi connectivity index (χ1v) is 9.78. The fraction of sp³-hybridized carbons (Fsp3) is 0.364. The normalized spacial score (nSPS) is 14.6. The minimum atomic E-state index is -4.02. The van der Waals surface area contributed by atoms with Crippen LogP contribution in [0.15, 0.2) is 23.1 Å². The lowest BCUT2D eigenvalue weighted by Gasteiger charge is -2.10. The summed E-state index contributed by atoms with van der Waals surface area (Å²) in [5.74, 6) is -0.486. The van der Waals surface area contributed by atoms with Crippen molar-refractivity contribution in [2.24, 2.45) is 0 Å². The Balaban J connectivity index is 2.93. The lowest BCUT2D eigenvalue weighted by molar-refractivity contribution is 0.0954. The van der Waals surface area contributed by atoms with Gasteiger partial charge in [0.05, 0.1) is 5.02 Å². The largest absolute Gasteiger partial charge is 0.351 e. The number of benzene rings is 1. The monoisotopic (exact) mass is 357 g/mol. The standard InChI is InChI=1S/C11H13Cl2NO4S2/c1-7(19(2)16)6-14-11(15)8-3-4-9(12)10(5-8)20(13,17)18/h3-5,7H,6H2,1-2H3,(H,14,15). The molecule has 20 heavy (non-hydrogen) atoms. The van der Waals surface area contributed by atoms with Crippen molar-refractivity contribution in [3.8, 4) is 0 Å². The van der Waals surface area contributed by atoms with Gasteiger partial charge < -0.3 is 5.32 Å². The summed E-state index contributed by atoms with van der Waals surface area (Å²) in [6.07, 6.45) is 1.54. The number of nitrogens with one attached hydrogen (secondary N) is 1. The smallest absolute Gasteiger partial charge is 0.262 e. The summed E-state index contributed by atoms with van der Waals surface area (Å²) >= 11 is 5.72. The van der Waals surface area contributed by atoms with Crippen LogP contribution in [0.25, 0.3) is 0 Å². The van der Waals surface area contributed by atoms with Crippen LogP contribution in [0.1, 0.15) is 17.3 Å². The topological polar surface area (TPSA) is 80.3 Å². The number of amides is 1. The quantitative estimate of drug-likeness (QED) is 0.814. The first kappa shape index (κ1) is 17.4. The molecule has 0 aliphatic carbocycles. The lowest BCUT2D eigenvalue weighted by atomic mass is 10.2. The number of carbonyl (C=O) groups is 1. The Morgan fingerprint density at radius 2 is 2.05 bits per heavy atom. The highest BCUT2D eigenvalue weighted by Crippen LogP contribution is 2.25. The van der Waals surface area contributed by atoms with E-state index in [0.29, 0.717) is 0 Å². The van der Waals surface area contributed by atoms with E-state index in [2.05, 4.69) is 5.32 Å². The molecule has 0 heterocycles. The van der Waals surface area contributed by atoms with Gasteiger partial charge in [-0.15, -0.1) is 0 Å². The van der Waals surface area contributed by atoms with Gasteiger partial charge in [-0.2, -0.15) is 0 Å². The SMILES string of the molecule is CC(CNC(=O)c1ccc(Cl)c(S(=O)(=O)Cl)c1)S(C)=O. The number of halogens is 2. The van der Waals surface area contributed by atoms with Crippen molar-refractivity contribution in [1.29, 1.82) is 0 Å². The van der Waals surface area contributed by atoms with E-state index in [1.165, 1.54) is 18.4 Å². The molecule has 112 valence electrons. The summed E-state index contributed by atoms with van der Waals surface area (Å²) in [5.41, 5.74) is 0.114. The summed E-state index contributed by atoms with van der Waals surface area (Å²) in [7, 11) is 0.145. The van der Waals surface area contributed by atoms with E-state index >= 15 is 0 Å². The summed E-state index contributed by atoms with van der Waals surface area (Å²) in [5, 5.41) is 2.30. The van der Waals surface area contributed by atoms with E-state index < -0.39 is 25.8 Å². The zero-order valence-corrected chi connectivity index (χ0v) is 13.9. The fourth-order valence-corrected chi connectivity index (χ4v) is 3.10. The third-order valence-electron chi connectivity index (χ3n) is 2.57. The molecule has 1 N–H and O–H groups in total. The Labute approximate surface area is 129 Å². The lowest BCUT2D eigenvalue weighted by Crippen LogP contribution is -2.32. The van der Waals surface area contributed by atoms with Gasteiger partial charge in [0.15, 0.2) is 0 Å². The van der Waals surface area contributed by atoms with Crippen LogP contribution in [0.4, 0.5) is 0 Å². The first-order chi connectivity index (χ1) is 9.12. The van der Waals surface area contributed by atoms with Gasteiger partial charge in [0.2, 0.25) is 0 Å². The maximum atomic E-state index is 11.9. The van der Waals surface area contributed by atoms with Crippen molar-refractivity contribution in [2.75, 3.05) is 12.8 Å². The van der Waals surface area contributed by atoms with Crippen molar-refractivity contribution in [3.05, 3.63) is 28.8 Å². The van der Waals surface area contributed by atoms with E-state index in [1.807, 2.05) is 0 Å². The van der Waals surface area contributed by atoms with E-state index in [4.69, 9.17) is 22.3 Å². The van der Waals surface area contributed by atoms with Crippen LogP contribution >= 0.6 is 22.3 Å². The molecule has 2 atom stereocenters. The molecule has 0 bridgehead atoms. The van der Waals surface area contributed by atoms with Crippen LogP contribution in [0.2, 0.25) is 5.02 Å². The minimum Gasteiger partial charge on any atom is -0.351 e. The van der Waals surface area contributed by atoms with Gasteiger partial charge in [-0.3, -0.25) is 9.00 Å². The fourth-order valence-electron chi connectivity index (χ4n) is 1.29. The van der Waals surface area contributed by atoms with Gasteiger partial charge >= 0.3 is 0 Å². The van der Waals surface area contributed by atoms with Crippen LogP contribution in [0.5, 0.6) is 0 Å². The molecule has 1 rings (SSSR count). The molecule has 0 fully saturated rings. The van der Waals surface area contributed by atoms with Gasteiger partial charge in [0, 0.05) is 45.1 Å². The summed E-state index contributed by atoms with van der Waals surface area (Å²) in [4.78, 5) is 11.6. The molecule has 0 spiro atoms. The third kappa shape index (κ3) is 4.73. The number of carbonyl (C=O) groups excluding carboxylic acids is 1. The third-order valence-corrected chi connectivity index (χ3v) is 5.68. The van der Waals surface area contributed by atoms with Crippen molar-refractivity contribution in [1.82, 2.24) is 5.32 Å². The highest BCUT2D eigenvalue weighted by atomic mass is 35.7. The van der Waals surface area contributed by atoms with Crippen LogP contribution in [0.3, 0.4) is 0 Å². The molecule has 1 amide bonds. The predicted molar refractivity (Wildman–Crippen MR) is 80.4 cm³/mol. The Bertz CT molecular complexity index is 646. The van der Waals surface area contributed by atoms with Crippen molar-refractivity contribution < 1.29 is 17.4 Å². The second-order valence-electron chi connectivity index (χ2n) is 4.10. The van der Waals surface area contributed by atoms with Gasteiger partial charge in [0.25, 0.3) is 15.0 Å². The van der Waals surface area contributed by atoms with E-state index in [1.54, 1.807) is 6.92 Å². The minimum absolute atomic E-state index is 0.0559. The van der Waals surface area contributed by atoms with Crippen molar-refractivity contribution in [3.63, 3.8) is 0 Å². The Kier molecular flexibility index (Phi) is 6.00. The molecule has 0 saturated carbocycles. The van der Waals surface area contributed by atoms with Crippen LogP contribution < -0.4 is 5.32 Å². The van der Waals surface area contributed by atoms with E-state index in [0.717, 1.165) is 6.07 Å². The molecule has 0 saturated heterocycles. The second-order valence-corrected chi connectivity index (χ2v) is 8.85. The summed E-state index contributed by atoms with van der Waals surface area (Å²) in [6.45, 7) is 1.94. The number of hydrogen-bond donors (Lipinski definition) is 1. The summed E-state index contributed by atoms with van der Waals surface area (Å²) < 4.78 is 33.8. The zero-order chi connectivity index (χ0) is 15.5. The van der Waals surface area contributed by atoms with Gasteiger partial charge in [-0.25, -0.2) is 8.42 Å². The van der Waals surface area contributed by atoms with E-state index in [9.17, 15) is 17.4 Å². The molecule has 5 nitrogen and oxygen atoms in total. The maximum Gasteiger partial charge on any atom is 0.262 e. The number of rotatable bonds is 5. The second kappa shape index (κ2) is 6.89. The Hall–Kier alpha value is -0.630. The average Bonchev–Trinajstić information content (AvgIpc) is 2.34. The average molecular weight is 358 g/mol. The van der Waals surface area contributed by atoms with Crippen LogP contribution in [0, 0.1) is 0 Å². The molecule has 0 radical (unpaired) electrons. The van der Waals surface area contributed by atoms with Gasteiger partial charge in [-0.1, -0.05) is 11.6 Å². The van der Waals surface area contributed by atoms with E-state index in [-0.39, 0.29) is 27.3 Å². The molecular weight excluding hydrogens is 345 g/mol. The zero-order valence-electron chi connectivity index (χ0n) is 10.7. The molecule has 1 aromatic rings. The Morgan fingerprint density at radius 1 is 1.45 bits per heavy atom. The predicted octanol–water partition coefficient (Wildman–Crippen LogP) is 1.76. The van der Waals surface area contributed by atoms with Gasteiger partial charge in [-0.05, 0) is 25.1 Å². The van der Waals surface area contributed by atoms with Crippen molar-refractivity contribution in [2.45, 2.75) is 17.1 Å². The molecule has 2 unspecified atom stereocenters. The van der Waals surface area contributed by atoms with Crippen LogP contribution in [-0.2, 0) is 19.9 Å².